The molecule has 1 fully saturated rings. The van der Waals surface area contributed by atoms with Crippen molar-refractivity contribution in [2.75, 3.05) is 57.2 Å². The first-order valence-corrected chi connectivity index (χ1v) is 10.1. The van der Waals surface area contributed by atoms with E-state index in [1.54, 1.807) is 14.2 Å². The summed E-state index contributed by atoms with van der Waals surface area (Å²) in [6, 6.07) is 10.8. The Morgan fingerprint density at radius 2 is 1.73 bits per heavy atom. The number of piperazine rings is 1. The minimum atomic E-state index is 0. The number of nitrogens with one attached hydrogen (secondary N) is 1. The van der Waals surface area contributed by atoms with Crippen molar-refractivity contribution < 1.29 is 9.47 Å². The zero-order chi connectivity index (χ0) is 19.5. The summed E-state index contributed by atoms with van der Waals surface area (Å²) in [5.74, 6) is 3.17. The Bertz CT molecular complexity index is 801. The van der Waals surface area contributed by atoms with Crippen molar-refractivity contribution in [2.24, 2.45) is 0 Å². The average Bonchev–Trinajstić information content (AvgIpc) is 3.06. The van der Waals surface area contributed by atoms with Gasteiger partial charge in [-0.3, -0.25) is 4.90 Å². The molecule has 3 heterocycles. The first-order valence-electron chi connectivity index (χ1n) is 10.1. The SMILES string of the molecule is COc1cc2c(cc1OC)[C@@H](CCN1CCN(c3ccccn3)CC1)[C@@H](C)N2.Cl.Cl. The van der Waals surface area contributed by atoms with Crippen LogP contribution in [0.4, 0.5) is 11.5 Å². The number of pyridine rings is 1. The van der Waals surface area contributed by atoms with Crippen LogP contribution in [-0.2, 0) is 0 Å². The lowest BCUT2D eigenvalue weighted by Crippen LogP contribution is -2.47. The summed E-state index contributed by atoms with van der Waals surface area (Å²) in [6.07, 6.45) is 3.01. The highest BCUT2D eigenvalue weighted by Crippen LogP contribution is 2.44. The molecule has 166 valence electrons. The number of anilines is 2. The maximum absolute atomic E-state index is 5.52. The van der Waals surface area contributed by atoms with Crippen LogP contribution in [0.5, 0.6) is 11.5 Å². The van der Waals surface area contributed by atoms with Crippen molar-refractivity contribution in [1.29, 1.82) is 0 Å². The second-order valence-electron chi connectivity index (χ2n) is 7.64. The number of ether oxygens (including phenoxy) is 2. The monoisotopic (exact) mass is 454 g/mol. The molecule has 2 aromatic rings. The number of halogens is 2. The Morgan fingerprint density at radius 1 is 1.03 bits per heavy atom. The lowest BCUT2D eigenvalue weighted by Gasteiger charge is -2.36. The van der Waals surface area contributed by atoms with Crippen molar-refractivity contribution >= 4 is 36.3 Å². The van der Waals surface area contributed by atoms with E-state index in [4.69, 9.17) is 9.47 Å². The summed E-state index contributed by atoms with van der Waals surface area (Å²) in [5, 5.41) is 3.62. The number of benzene rings is 1. The van der Waals surface area contributed by atoms with Crippen LogP contribution in [0.2, 0.25) is 0 Å². The van der Waals surface area contributed by atoms with Gasteiger partial charge in [0.25, 0.3) is 0 Å². The number of nitrogens with zero attached hydrogens (tertiary/aromatic N) is 3. The molecule has 0 unspecified atom stereocenters. The number of aromatic nitrogens is 1. The lowest BCUT2D eigenvalue weighted by atomic mass is 9.92. The number of hydrogen-bond acceptors (Lipinski definition) is 6. The molecule has 30 heavy (non-hydrogen) atoms. The van der Waals surface area contributed by atoms with Crippen LogP contribution in [0.1, 0.15) is 24.8 Å². The quantitative estimate of drug-likeness (QED) is 0.710. The molecule has 0 bridgehead atoms. The molecule has 2 aliphatic rings. The molecule has 8 heteroatoms. The maximum Gasteiger partial charge on any atom is 0.162 e. The first-order chi connectivity index (χ1) is 13.7. The number of hydrogen-bond donors (Lipinski definition) is 1. The van der Waals surface area contributed by atoms with E-state index in [0.717, 1.165) is 56.5 Å². The third-order valence-electron chi connectivity index (χ3n) is 6.04. The fraction of sp³-hybridized carbons (Fsp3) is 0.500. The van der Waals surface area contributed by atoms with Crippen LogP contribution in [0.3, 0.4) is 0 Å². The van der Waals surface area contributed by atoms with Gasteiger partial charge in [-0.15, -0.1) is 24.8 Å². The molecule has 0 spiro atoms. The minimum absolute atomic E-state index is 0. The second-order valence-corrected chi connectivity index (χ2v) is 7.64. The highest BCUT2D eigenvalue weighted by atomic mass is 35.5. The summed E-state index contributed by atoms with van der Waals surface area (Å²) in [6.45, 7) is 7.63. The molecule has 1 aromatic carbocycles. The van der Waals surface area contributed by atoms with Gasteiger partial charge in [0.2, 0.25) is 0 Å². The second kappa shape index (κ2) is 10.9. The van der Waals surface area contributed by atoms with E-state index < -0.39 is 0 Å². The molecule has 2 atom stereocenters. The van der Waals surface area contributed by atoms with Crippen molar-refractivity contribution in [1.82, 2.24) is 9.88 Å². The number of rotatable bonds is 6. The van der Waals surface area contributed by atoms with E-state index in [1.165, 1.54) is 11.3 Å². The fourth-order valence-corrected chi connectivity index (χ4v) is 4.41. The lowest BCUT2D eigenvalue weighted by molar-refractivity contribution is 0.246. The molecular weight excluding hydrogens is 423 g/mol. The normalized spacial score (nSPS) is 20.4. The maximum atomic E-state index is 5.52. The molecule has 0 saturated carbocycles. The van der Waals surface area contributed by atoms with Crippen molar-refractivity contribution in [3.05, 3.63) is 42.1 Å². The fourth-order valence-electron chi connectivity index (χ4n) is 4.41. The molecule has 0 aliphatic carbocycles. The van der Waals surface area contributed by atoms with Gasteiger partial charge in [-0.05, 0) is 43.7 Å². The van der Waals surface area contributed by atoms with E-state index in [9.17, 15) is 0 Å². The molecule has 2 aliphatic heterocycles. The molecule has 0 amide bonds. The average molecular weight is 455 g/mol. The number of methoxy groups -OCH3 is 2. The first kappa shape index (κ1) is 24.4. The third kappa shape index (κ3) is 5.05. The van der Waals surface area contributed by atoms with Crippen molar-refractivity contribution in [3.8, 4) is 11.5 Å². The molecule has 4 rings (SSSR count). The van der Waals surface area contributed by atoms with E-state index in [2.05, 4.69) is 51.3 Å². The molecule has 1 saturated heterocycles. The summed E-state index contributed by atoms with van der Waals surface area (Å²) in [4.78, 5) is 9.43. The Labute approximate surface area is 191 Å². The molecular formula is C22H32Cl2N4O2. The summed E-state index contributed by atoms with van der Waals surface area (Å²) >= 11 is 0. The summed E-state index contributed by atoms with van der Waals surface area (Å²) in [5.41, 5.74) is 2.52. The molecule has 1 aromatic heterocycles. The Kier molecular flexibility index (Phi) is 8.89. The van der Waals surface area contributed by atoms with Gasteiger partial charge >= 0.3 is 0 Å². The zero-order valence-electron chi connectivity index (χ0n) is 17.8. The van der Waals surface area contributed by atoms with Crippen LogP contribution in [0.15, 0.2) is 36.5 Å². The molecule has 1 N–H and O–H groups in total. The van der Waals surface area contributed by atoms with Gasteiger partial charge in [0.1, 0.15) is 5.82 Å². The zero-order valence-corrected chi connectivity index (χ0v) is 19.5. The standard InChI is InChI=1S/C22H30N4O2.2ClH/c1-16-17(18-14-20(27-2)21(28-3)15-19(18)24-16)7-9-25-10-12-26(13-11-25)22-6-4-5-8-23-22;;/h4-6,8,14-17,24H,7,9-13H2,1-3H3;2*1H/t16-,17+;;/m1../s1. The van der Waals surface area contributed by atoms with Crippen molar-refractivity contribution in [3.63, 3.8) is 0 Å². The topological polar surface area (TPSA) is 49.9 Å². The van der Waals surface area contributed by atoms with E-state index in [1.807, 2.05) is 12.3 Å². The highest BCUT2D eigenvalue weighted by molar-refractivity contribution is 5.85. The van der Waals surface area contributed by atoms with E-state index >= 15 is 0 Å². The van der Waals surface area contributed by atoms with Crippen molar-refractivity contribution in [2.45, 2.75) is 25.3 Å². The predicted octanol–water partition coefficient (Wildman–Crippen LogP) is 4.05. The summed E-state index contributed by atoms with van der Waals surface area (Å²) in [7, 11) is 3.39. The smallest absolute Gasteiger partial charge is 0.162 e. The number of fused-ring (bicyclic) bond motifs is 1. The summed E-state index contributed by atoms with van der Waals surface area (Å²) < 4.78 is 11.0. The van der Waals surface area contributed by atoms with E-state index in [-0.39, 0.29) is 24.8 Å². The Hall–Kier alpha value is -1.89. The van der Waals surface area contributed by atoms with Crippen LogP contribution in [0, 0.1) is 0 Å². The van der Waals surface area contributed by atoms with Gasteiger partial charge in [0, 0.05) is 56.1 Å². The highest BCUT2D eigenvalue weighted by Gasteiger charge is 2.31. The minimum Gasteiger partial charge on any atom is -0.493 e. The van der Waals surface area contributed by atoms with Gasteiger partial charge in [-0.25, -0.2) is 4.98 Å². The van der Waals surface area contributed by atoms with E-state index in [0.29, 0.717) is 12.0 Å². The van der Waals surface area contributed by atoms with Crippen LogP contribution >= 0.6 is 24.8 Å². The predicted molar refractivity (Wildman–Crippen MR) is 127 cm³/mol. The van der Waals surface area contributed by atoms with Gasteiger partial charge in [-0.1, -0.05) is 6.07 Å². The van der Waals surface area contributed by atoms with Crippen LogP contribution in [0.25, 0.3) is 0 Å². The largest absolute Gasteiger partial charge is 0.493 e. The third-order valence-corrected chi connectivity index (χ3v) is 6.04. The van der Waals surface area contributed by atoms with Gasteiger partial charge in [-0.2, -0.15) is 0 Å². The Balaban J connectivity index is 0.00000160. The van der Waals surface area contributed by atoms with Gasteiger partial charge in [0.05, 0.1) is 14.2 Å². The van der Waals surface area contributed by atoms with Gasteiger partial charge < -0.3 is 19.7 Å². The molecule has 0 radical (unpaired) electrons. The van der Waals surface area contributed by atoms with Crippen LogP contribution < -0.4 is 19.7 Å². The van der Waals surface area contributed by atoms with Gasteiger partial charge in [0.15, 0.2) is 11.5 Å². The molecule has 6 nitrogen and oxygen atoms in total. The Morgan fingerprint density at radius 3 is 2.37 bits per heavy atom. The van der Waals surface area contributed by atoms with Crippen LogP contribution in [-0.4, -0.2) is 62.9 Å².